The number of nitrogens with one attached hydrogen (secondary N) is 4. The second kappa shape index (κ2) is 21.5. The molecule has 5 aromatic rings. The van der Waals surface area contributed by atoms with Crippen molar-refractivity contribution in [1.29, 1.82) is 5.26 Å². The molecule has 3 heterocycles. The number of benzene rings is 3. The second-order valence-corrected chi connectivity index (χ2v) is 21.9. The Balaban J connectivity index is 0.847. The number of aryl methyl sites for hydroxylation is 1. The zero-order valence-corrected chi connectivity index (χ0v) is 43.2. The van der Waals surface area contributed by atoms with E-state index in [0.29, 0.717) is 34.3 Å². The van der Waals surface area contributed by atoms with E-state index in [9.17, 15) is 29.5 Å². The van der Waals surface area contributed by atoms with Crippen LogP contribution in [0.5, 0.6) is 5.75 Å². The molecule has 374 valence electrons. The van der Waals surface area contributed by atoms with E-state index in [-0.39, 0.29) is 56.2 Å². The number of aliphatic hydroxyl groups is 1. The van der Waals surface area contributed by atoms with E-state index >= 15 is 0 Å². The topological polar surface area (TPSA) is 208 Å². The number of carbonyl (C=O) groups is 4. The number of anilines is 1. The van der Waals surface area contributed by atoms with E-state index in [1.807, 2.05) is 88.7 Å². The molecular weight excluding hydrogens is 940 g/mol. The van der Waals surface area contributed by atoms with Crippen molar-refractivity contribution >= 4 is 52.4 Å². The normalized spacial score (nSPS) is 19.9. The van der Waals surface area contributed by atoms with Crippen LogP contribution in [0.1, 0.15) is 95.0 Å². The first-order chi connectivity index (χ1) is 33.6. The second-order valence-electron chi connectivity index (χ2n) is 20.7. The van der Waals surface area contributed by atoms with Crippen LogP contribution in [0.4, 0.5) is 5.82 Å². The third-order valence-electron chi connectivity index (χ3n) is 13.5. The molecule has 1 saturated heterocycles. The maximum absolute atomic E-state index is 14.1. The first kappa shape index (κ1) is 52.4. The Morgan fingerprint density at radius 3 is 2.23 bits per heavy atom. The predicted octanol–water partition coefficient (Wildman–Crippen LogP) is 8.12. The quantitative estimate of drug-likeness (QED) is 0.0562. The summed E-state index contributed by atoms with van der Waals surface area (Å²) in [5, 5.41) is 32.5. The molecule has 1 aliphatic heterocycles. The highest BCUT2D eigenvalue weighted by molar-refractivity contribution is 7.13. The summed E-state index contributed by atoms with van der Waals surface area (Å²) in [6.07, 6.45) is 0.699. The zero-order chi connectivity index (χ0) is 51.4. The van der Waals surface area contributed by atoms with Gasteiger partial charge in [-0.15, -0.1) is 11.3 Å². The van der Waals surface area contributed by atoms with Crippen LogP contribution in [0, 0.1) is 34.5 Å². The van der Waals surface area contributed by atoms with Crippen LogP contribution in [-0.2, 0) is 19.1 Å². The molecule has 2 fully saturated rings. The summed E-state index contributed by atoms with van der Waals surface area (Å²) >= 11 is 7.82. The standard InChI is InChI=1S/C54H63ClN8O7S/c1-31(33-10-14-35(15-11-33)45-32(2)59-30-71-45)60-48(67)42-24-39(64)28-63(42)49(68)46(52(3,4)5)61-44(65)29-69-23-22-57-43-21-19-38(27-58-43)34-12-16-36(17-13-34)47(66)62-50-53(6,7)51(54(50,8)9)70-40-20-18-37(26-56)41(55)25-40/h10-21,25,27,30-31,39,42,46,50-51,64H,22-24,28-29H2,1-9H3,(H,57,58)(H,60,67)(H,61,65)(H,62,66)/t31-,39+,42-,46+,50?,51?/m0/s1. The van der Waals surface area contributed by atoms with Crippen LogP contribution in [0.2, 0.25) is 5.02 Å². The van der Waals surface area contributed by atoms with E-state index in [0.717, 1.165) is 32.8 Å². The maximum Gasteiger partial charge on any atom is 0.251 e. The highest BCUT2D eigenvalue weighted by Crippen LogP contribution is 2.55. The van der Waals surface area contributed by atoms with Crippen molar-refractivity contribution in [2.24, 2.45) is 16.2 Å². The number of hydrogen-bond donors (Lipinski definition) is 5. The summed E-state index contributed by atoms with van der Waals surface area (Å²) < 4.78 is 12.0. The number of likely N-dealkylation sites (tertiary alicyclic amines) is 1. The summed E-state index contributed by atoms with van der Waals surface area (Å²) in [4.78, 5) is 65.8. The smallest absolute Gasteiger partial charge is 0.251 e. The third-order valence-corrected chi connectivity index (χ3v) is 14.8. The predicted molar refractivity (Wildman–Crippen MR) is 275 cm³/mol. The van der Waals surface area contributed by atoms with Crippen LogP contribution in [0.25, 0.3) is 21.6 Å². The van der Waals surface area contributed by atoms with Gasteiger partial charge in [-0.05, 0) is 72.4 Å². The number of halogens is 1. The highest BCUT2D eigenvalue weighted by atomic mass is 35.5. The van der Waals surface area contributed by atoms with Gasteiger partial charge in [0.25, 0.3) is 5.91 Å². The lowest BCUT2D eigenvalue weighted by molar-refractivity contribution is -0.164. The third kappa shape index (κ3) is 11.9. The van der Waals surface area contributed by atoms with Gasteiger partial charge in [0.05, 0.1) is 45.4 Å². The van der Waals surface area contributed by atoms with Crippen molar-refractivity contribution in [3.8, 4) is 33.4 Å². The Hall–Kier alpha value is -6.38. The van der Waals surface area contributed by atoms with Crippen molar-refractivity contribution in [2.45, 2.75) is 105 Å². The number of ether oxygens (including phenoxy) is 2. The van der Waals surface area contributed by atoms with Gasteiger partial charge in [-0.1, -0.05) is 96.5 Å². The maximum atomic E-state index is 14.1. The number of β-amino-alcohol motifs (C(OH)–C–C–N with tert-alkyl or cyclic N) is 1. The molecule has 4 amide bonds. The fourth-order valence-electron chi connectivity index (χ4n) is 9.93. The van der Waals surface area contributed by atoms with E-state index in [1.165, 1.54) is 4.90 Å². The molecule has 15 nitrogen and oxygen atoms in total. The van der Waals surface area contributed by atoms with Crippen molar-refractivity contribution in [1.82, 2.24) is 30.8 Å². The van der Waals surface area contributed by atoms with Gasteiger partial charge in [-0.3, -0.25) is 19.2 Å². The molecule has 0 spiro atoms. The van der Waals surface area contributed by atoms with Crippen LogP contribution in [0.15, 0.2) is 90.6 Å². The molecule has 0 radical (unpaired) electrons. The van der Waals surface area contributed by atoms with Gasteiger partial charge in [-0.25, -0.2) is 9.97 Å². The first-order valence-corrected chi connectivity index (χ1v) is 25.0. The van der Waals surface area contributed by atoms with E-state index in [1.54, 1.807) is 47.9 Å². The van der Waals surface area contributed by atoms with E-state index < -0.39 is 46.2 Å². The number of carbonyl (C=O) groups excluding carboxylic acids is 4. The zero-order valence-electron chi connectivity index (χ0n) is 41.6. The van der Waals surface area contributed by atoms with Gasteiger partial charge in [0, 0.05) is 59.8 Å². The Bertz CT molecular complexity index is 2750. The fraction of sp³-hybridized carbons (Fsp3) is 0.426. The average molecular weight is 1000 g/mol. The van der Waals surface area contributed by atoms with Gasteiger partial charge in [0.1, 0.15) is 42.4 Å². The average Bonchev–Trinajstić information content (AvgIpc) is 3.96. The Kier molecular flexibility index (Phi) is 15.9. The fourth-order valence-corrected chi connectivity index (χ4v) is 11.0. The largest absolute Gasteiger partial charge is 0.489 e. The number of rotatable bonds is 17. The number of nitrogens with zero attached hydrogens (tertiary/aromatic N) is 4. The van der Waals surface area contributed by atoms with Gasteiger partial charge in [0.15, 0.2) is 0 Å². The Morgan fingerprint density at radius 2 is 1.62 bits per heavy atom. The molecule has 0 unspecified atom stereocenters. The first-order valence-electron chi connectivity index (χ1n) is 23.7. The number of hydrogen-bond acceptors (Lipinski definition) is 12. The number of thiazole rings is 1. The minimum absolute atomic E-state index is 0.0317. The van der Waals surface area contributed by atoms with Gasteiger partial charge in [0.2, 0.25) is 17.7 Å². The molecule has 7 rings (SSSR count). The number of aromatic nitrogens is 2. The molecule has 1 aliphatic carbocycles. The molecule has 17 heteroatoms. The molecule has 5 N–H and O–H groups in total. The van der Waals surface area contributed by atoms with Crippen molar-refractivity contribution < 1.29 is 33.8 Å². The molecule has 2 aromatic heterocycles. The lowest BCUT2D eigenvalue weighted by Gasteiger charge is -2.63. The Labute approximate surface area is 424 Å². The van der Waals surface area contributed by atoms with Crippen molar-refractivity contribution in [2.75, 3.05) is 31.6 Å². The number of aliphatic hydroxyl groups excluding tert-OH is 1. The monoisotopic (exact) mass is 1000 g/mol. The summed E-state index contributed by atoms with van der Waals surface area (Å²) in [6.45, 7) is 17.8. The minimum Gasteiger partial charge on any atom is -0.489 e. The molecule has 0 bridgehead atoms. The molecule has 3 aromatic carbocycles. The van der Waals surface area contributed by atoms with Crippen molar-refractivity contribution in [3.05, 3.63) is 118 Å². The molecular formula is C54H63ClN8O7S. The lowest BCUT2D eigenvalue weighted by Crippen LogP contribution is -2.74. The van der Waals surface area contributed by atoms with Gasteiger partial charge >= 0.3 is 0 Å². The summed E-state index contributed by atoms with van der Waals surface area (Å²) in [7, 11) is 0. The number of pyridine rings is 1. The molecule has 1 saturated carbocycles. The summed E-state index contributed by atoms with van der Waals surface area (Å²) in [6, 6.07) is 23.6. The van der Waals surface area contributed by atoms with Crippen molar-refractivity contribution in [3.63, 3.8) is 0 Å². The molecule has 71 heavy (non-hydrogen) atoms. The van der Waals surface area contributed by atoms with Crippen LogP contribution < -0.4 is 26.0 Å². The van der Waals surface area contributed by atoms with Gasteiger partial charge < -0.3 is 40.7 Å². The molecule has 4 atom stereocenters. The SMILES string of the molecule is Cc1ncsc1-c1ccc([C@H](C)NC(=O)[C@@H]2C[C@@H](O)CN2C(=O)[C@@H](NC(=O)COCCNc2ccc(-c3ccc(C(=O)NC4C(C)(C)C(Oc5ccc(C#N)c(Cl)c5)C4(C)C)cc3)cn2)C(C)(C)C)cc1. The number of nitriles is 1. The van der Waals surface area contributed by atoms with Crippen LogP contribution >= 0.6 is 22.9 Å². The van der Waals surface area contributed by atoms with E-state index in [4.69, 9.17) is 21.1 Å². The van der Waals surface area contributed by atoms with Crippen LogP contribution in [0.3, 0.4) is 0 Å². The van der Waals surface area contributed by atoms with Crippen LogP contribution in [-0.4, -0.2) is 100 Å². The highest BCUT2D eigenvalue weighted by Gasteiger charge is 2.64. The lowest BCUT2D eigenvalue weighted by atomic mass is 9.49. The Morgan fingerprint density at radius 1 is 0.944 bits per heavy atom. The van der Waals surface area contributed by atoms with E-state index in [2.05, 4.69) is 65.0 Å². The van der Waals surface area contributed by atoms with Gasteiger partial charge in [-0.2, -0.15) is 5.26 Å². The molecule has 2 aliphatic rings. The summed E-state index contributed by atoms with van der Waals surface area (Å²) in [5.41, 5.74) is 5.83. The number of amides is 4. The summed E-state index contributed by atoms with van der Waals surface area (Å²) in [5.74, 6) is -0.339. The minimum atomic E-state index is -0.988.